The third-order valence-corrected chi connectivity index (χ3v) is 4.66. The van der Waals surface area contributed by atoms with E-state index in [1.54, 1.807) is 13.0 Å². The number of carbonyl (C=O) groups excluding carboxylic acids is 1. The lowest BCUT2D eigenvalue weighted by Gasteiger charge is -2.13. The number of hydrogen-bond acceptors (Lipinski definition) is 4. The van der Waals surface area contributed by atoms with E-state index in [1.807, 2.05) is 0 Å². The second-order valence-corrected chi connectivity index (χ2v) is 7.27. The van der Waals surface area contributed by atoms with Gasteiger partial charge in [-0.15, -0.1) is 0 Å². The largest absolute Gasteiger partial charge is 0.350 e. The molecule has 1 unspecified atom stereocenters. The van der Waals surface area contributed by atoms with E-state index < -0.39 is 9.84 Å². The molecule has 1 fully saturated rings. The van der Waals surface area contributed by atoms with Crippen LogP contribution in [0.1, 0.15) is 28.8 Å². The number of nitrogens with one attached hydrogen (secondary N) is 2. The summed E-state index contributed by atoms with van der Waals surface area (Å²) in [4.78, 5) is 12.3. The van der Waals surface area contributed by atoms with Gasteiger partial charge in [0.25, 0.3) is 5.91 Å². The minimum Gasteiger partial charge on any atom is -0.350 e. The summed E-state index contributed by atoms with van der Waals surface area (Å²) in [7, 11) is -3.30. The molecule has 1 aromatic carbocycles. The fourth-order valence-electron chi connectivity index (χ4n) is 2.32. The van der Waals surface area contributed by atoms with Gasteiger partial charge in [0, 0.05) is 24.4 Å². The van der Waals surface area contributed by atoms with Crippen LogP contribution in [-0.4, -0.2) is 39.7 Å². The highest BCUT2D eigenvalue weighted by atomic mass is 32.2. The van der Waals surface area contributed by atoms with Gasteiger partial charge in [-0.2, -0.15) is 0 Å². The molecule has 1 atom stereocenters. The van der Waals surface area contributed by atoms with Gasteiger partial charge in [0.05, 0.1) is 4.90 Å². The van der Waals surface area contributed by atoms with Crippen molar-refractivity contribution in [1.82, 2.24) is 10.6 Å². The molecule has 0 aromatic heterocycles. The molecule has 1 heterocycles. The van der Waals surface area contributed by atoms with E-state index in [0.29, 0.717) is 18.2 Å². The smallest absolute Gasteiger partial charge is 0.251 e. The van der Waals surface area contributed by atoms with Crippen LogP contribution in [-0.2, 0) is 9.84 Å². The fraction of sp³-hybridized carbons (Fsp3) is 0.500. The van der Waals surface area contributed by atoms with Gasteiger partial charge in [0.15, 0.2) is 9.84 Å². The first-order valence-electron chi connectivity index (χ1n) is 6.70. The maximum absolute atomic E-state index is 12.2. The summed E-state index contributed by atoms with van der Waals surface area (Å²) in [5, 5.41) is 6.17. The van der Waals surface area contributed by atoms with Crippen molar-refractivity contribution in [3.8, 4) is 0 Å². The van der Waals surface area contributed by atoms with Gasteiger partial charge in [0.1, 0.15) is 0 Å². The molecule has 1 aromatic rings. The molecule has 1 aliphatic rings. The lowest BCUT2D eigenvalue weighted by atomic mass is 10.1. The van der Waals surface area contributed by atoms with Gasteiger partial charge < -0.3 is 10.6 Å². The van der Waals surface area contributed by atoms with Crippen LogP contribution in [0.5, 0.6) is 0 Å². The summed E-state index contributed by atoms with van der Waals surface area (Å²) < 4.78 is 23.1. The zero-order chi connectivity index (χ0) is 14.8. The molecule has 5 nitrogen and oxygen atoms in total. The summed E-state index contributed by atoms with van der Waals surface area (Å²) in [6.07, 6.45) is 3.33. The number of carbonyl (C=O) groups is 1. The minimum absolute atomic E-state index is 0.173. The van der Waals surface area contributed by atoms with E-state index in [-0.39, 0.29) is 10.8 Å². The van der Waals surface area contributed by atoms with Crippen molar-refractivity contribution in [1.29, 1.82) is 0 Å². The van der Waals surface area contributed by atoms with E-state index in [9.17, 15) is 13.2 Å². The van der Waals surface area contributed by atoms with Crippen LogP contribution in [0.4, 0.5) is 0 Å². The van der Waals surface area contributed by atoms with E-state index in [2.05, 4.69) is 10.6 Å². The molecule has 0 radical (unpaired) electrons. The van der Waals surface area contributed by atoms with Gasteiger partial charge in [0.2, 0.25) is 0 Å². The lowest BCUT2D eigenvalue weighted by Crippen LogP contribution is -2.37. The second kappa shape index (κ2) is 5.93. The molecule has 0 saturated carbocycles. The first-order valence-corrected chi connectivity index (χ1v) is 8.59. The molecule has 110 valence electrons. The third-order valence-electron chi connectivity index (χ3n) is 3.55. The predicted octanol–water partition coefficient (Wildman–Crippen LogP) is 0.880. The Kier molecular flexibility index (Phi) is 4.45. The summed E-state index contributed by atoms with van der Waals surface area (Å²) >= 11 is 0. The number of amides is 1. The monoisotopic (exact) mass is 296 g/mol. The Bertz CT molecular complexity index is 605. The number of benzene rings is 1. The molecule has 1 amide bonds. The fourth-order valence-corrected chi connectivity index (χ4v) is 2.97. The highest BCUT2D eigenvalue weighted by Gasteiger charge is 2.17. The zero-order valence-corrected chi connectivity index (χ0v) is 12.6. The van der Waals surface area contributed by atoms with Gasteiger partial charge in [-0.1, -0.05) is 6.07 Å². The molecule has 0 bridgehead atoms. The van der Waals surface area contributed by atoms with E-state index in [1.165, 1.54) is 12.1 Å². The Morgan fingerprint density at radius 1 is 1.45 bits per heavy atom. The van der Waals surface area contributed by atoms with Gasteiger partial charge in [-0.25, -0.2) is 8.42 Å². The van der Waals surface area contributed by atoms with Crippen molar-refractivity contribution < 1.29 is 13.2 Å². The second-order valence-electron chi connectivity index (χ2n) is 5.25. The Morgan fingerprint density at radius 3 is 2.80 bits per heavy atom. The quantitative estimate of drug-likeness (QED) is 0.865. The van der Waals surface area contributed by atoms with Crippen molar-refractivity contribution in [2.45, 2.75) is 30.7 Å². The van der Waals surface area contributed by atoms with Crippen LogP contribution in [0, 0.1) is 6.92 Å². The number of hydrogen-bond donors (Lipinski definition) is 2. The molecule has 1 aliphatic heterocycles. The topological polar surface area (TPSA) is 75.3 Å². The van der Waals surface area contributed by atoms with Gasteiger partial charge >= 0.3 is 0 Å². The first-order chi connectivity index (χ1) is 9.38. The highest BCUT2D eigenvalue weighted by molar-refractivity contribution is 7.90. The summed E-state index contributed by atoms with van der Waals surface area (Å²) in [5.74, 6) is -0.221. The molecule has 0 spiro atoms. The number of aryl methyl sites for hydroxylation is 1. The SMILES string of the molecule is Cc1ccc(S(C)(=O)=O)cc1C(=O)NCC1CCCN1. The normalized spacial score (nSPS) is 19.0. The zero-order valence-electron chi connectivity index (χ0n) is 11.8. The Hall–Kier alpha value is -1.40. The van der Waals surface area contributed by atoms with Gasteiger partial charge in [-0.3, -0.25) is 4.79 Å². The Balaban J connectivity index is 2.12. The maximum Gasteiger partial charge on any atom is 0.251 e. The van der Waals surface area contributed by atoms with Crippen LogP contribution < -0.4 is 10.6 Å². The highest BCUT2D eigenvalue weighted by Crippen LogP contribution is 2.15. The van der Waals surface area contributed by atoms with Crippen molar-refractivity contribution in [3.05, 3.63) is 29.3 Å². The predicted molar refractivity (Wildman–Crippen MR) is 77.6 cm³/mol. The molecule has 0 aliphatic carbocycles. The molecule has 20 heavy (non-hydrogen) atoms. The molecule has 1 saturated heterocycles. The molecule has 6 heteroatoms. The van der Waals surface area contributed by atoms with E-state index >= 15 is 0 Å². The van der Waals surface area contributed by atoms with Crippen molar-refractivity contribution in [2.75, 3.05) is 19.3 Å². The molecule has 2 N–H and O–H groups in total. The molecular weight excluding hydrogens is 276 g/mol. The molecule has 2 rings (SSSR count). The van der Waals surface area contributed by atoms with Crippen molar-refractivity contribution in [2.24, 2.45) is 0 Å². The Labute approximate surface area is 119 Å². The molecular formula is C14H20N2O3S. The van der Waals surface area contributed by atoms with Crippen molar-refractivity contribution >= 4 is 15.7 Å². The minimum atomic E-state index is -3.30. The Morgan fingerprint density at radius 2 is 2.20 bits per heavy atom. The summed E-state index contributed by atoms with van der Waals surface area (Å²) in [5.41, 5.74) is 1.19. The van der Waals surface area contributed by atoms with Crippen LogP contribution in [0.2, 0.25) is 0 Å². The summed E-state index contributed by atoms with van der Waals surface area (Å²) in [6, 6.07) is 4.96. The average molecular weight is 296 g/mol. The lowest BCUT2D eigenvalue weighted by molar-refractivity contribution is 0.0949. The number of rotatable bonds is 4. The van der Waals surface area contributed by atoms with E-state index in [4.69, 9.17) is 0 Å². The third kappa shape index (κ3) is 3.58. The summed E-state index contributed by atoms with van der Waals surface area (Å²) in [6.45, 7) is 3.36. The van der Waals surface area contributed by atoms with Crippen molar-refractivity contribution in [3.63, 3.8) is 0 Å². The first kappa shape index (κ1) is 15.0. The van der Waals surface area contributed by atoms with Gasteiger partial charge in [-0.05, 0) is 44.0 Å². The van der Waals surface area contributed by atoms with Crippen LogP contribution >= 0.6 is 0 Å². The van der Waals surface area contributed by atoms with Crippen LogP contribution in [0.25, 0.3) is 0 Å². The van der Waals surface area contributed by atoms with Crippen LogP contribution in [0.3, 0.4) is 0 Å². The van der Waals surface area contributed by atoms with E-state index in [0.717, 1.165) is 31.2 Å². The maximum atomic E-state index is 12.2. The standard InChI is InChI=1S/C14H20N2O3S/c1-10-5-6-12(20(2,18)19)8-13(10)14(17)16-9-11-4-3-7-15-11/h5-6,8,11,15H,3-4,7,9H2,1-2H3,(H,16,17). The average Bonchev–Trinajstić information content (AvgIpc) is 2.88. The van der Waals surface area contributed by atoms with Crippen LogP contribution in [0.15, 0.2) is 23.1 Å². The number of sulfone groups is 1.